The van der Waals surface area contributed by atoms with Gasteiger partial charge in [0, 0.05) is 17.7 Å². The van der Waals surface area contributed by atoms with E-state index >= 15 is 0 Å². The number of Topliss-reactive ketones (excluding diaryl/α,β-unsaturated/α-hetero) is 1. The van der Waals surface area contributed by atoms with Crippen molar-refractivity contribution in [3.05, 3.63) is 46.5 Å². The molecular weight excluding hydrogens is 234 g/mol. The molecule has 0 bridgehead atoms. The molecule has 2 heteroatoms. The Morgan fingerprint density at radius 2 is 2.05 bits per heavy atom. The molecule has 19 heavy (non-hydrogen) atoms. The zero-order chi connectivity index (χ0) is 14.0. The molecule has 0 saturated heterocycles. The maximum atomic E-state index is 11.8. The zero-order valence-corrected chi connectivity index (χ0v) is 12.2. The van der Waals surface area contributed by atoms with E-state index in [0.717, 1.165) is 23.3 Å². The lowest BCUT2D eigenvalue weighted by Gasteiger charge is -2.11. The highest BCUT2D eigenvalue weighted by Gasteiger charge is 2.20. The number of carbonyl (C=O) groups excluding carboxylic acids is 1. The summed E-state index contributed by atoms with van der Waals surface area (Å²) >= 11 is 0. The molecule has 0 radical (unpaired) electrons. The van der Waals surface area contributed by atoms with Gasteiger partial charge in [-0.25, -0.2) is 0 Å². The summed E-state index contributed by atoms with van der Waals surface area (Å²) in [7, 11) is 0. The highest BCUT2D eigenvalue weighted by Crippen LogP contribution is 2.27. The van der Waals surface area contributed by atoms with Gasteiger partial charge in [0.1, 0.15) is 0 Å². The van der Waals surface area contributed by atoms with E-state index < -0.39 is 0 Å². The van der Waals surface area contributed by atoms with Crippen molar-refractivity contribution in [1.82, 2.24) is 0 Å². The standard InChI is InChI=1S/C17H21NO/c1-5-11(2)12(3)18-13(4)15-7-6-14-8-9-17(19)16(14)10-15/h5-7,10,13H,8-9H2,1-4H3. The Labute approximate surface area is 115 Å². The van der Waals surface area contributed by atoms with Crippen LogP contribution in [0, 0.1) is 0 Å². The van der Waals surface area contributed by atoms with Gasteiger partial charge in [-0.2, -0.15) is 0 Å². The van der Waals surface area contributed by atoms with Crippen molar-refractivity contribution in [3.63, 3.8) is 0 Å². The second-order valence-corrected chi connectivity index (χ2v) is 5.20. The fraction of sp³-hybridized carbons (Fsp3) is 0.412. The van der Waals surface area contributed by atoms with Gasteiger partial charge in [0.15, 0.2) is 5.78 Å². The smallest absolute Gasteiger partial charge is 0.163 e. The van der Waals surface area contributed by atoms with Crippen LogP contribution >= 0.6 is 0 Å². The van der Waals surface area contributed by atoms with Crippen LogP contribution in [0.4, 0.5) is 0 Å². The van der Waals surface area contributed by atoms with Crippen LogP contribution in [-0.4, -0.2) is 11.5 Å². The number of allylic oxidation sites excluding steroid dienone is 2. The average Bonchev–Trinajstić information content (AvgIpc) is 2.78. The van der Waals surface area contributed by atoms with Gasteiger partial charge in [-0.3, -0.25) is 9.79 Å². The first-order chi connectivity index (χ1) is 9.02. The van der Waals surface area contributed by atoms with E-state index in [1.165, 1.54) is 11.1 Å². The van der Waals surface area contributed by atoms with Gasteiger partial charge in [0.05, 0.1) is 6.04 Å². The minimum atomic E-state index is 0.0913. The Morgan fingerprint density at radius 3 is 2.74 bits per heavy atom. The van der Waals surface area contributed by atoms with Crippen molar-refractivity contribution in [2.24, 2.45) is 4.99 Å². The third-order valence-electron chi connectivity index (χ3n) is 3.93. The average molecular weight is 255 g/mol. The topological polar surface area (TPSA) is 29.4 Å². The Kier molecular flexibility index (Phi) is 3.98. The first-order valence-corrected chi connectivity index (χ1v) is 6.86. The maximum absolute atomic E-state index is 11.8. The first kappa shape index (κ1) is 13.7. The third-order valence-corrected chi connectivity index (χ3v) is 3.93. The molecule has 0 saturated carbocycles. The minimum absolute atomic E-state index is 0.0913. The molecule has 1 aliphatic rings. The predicted molar refractivity (Wildman–Crippen MR) is 80.0 cm³/mol. The second-order valence-electron chi connectivity index (χ2n) is 5.20. The SMILES string of the molecule is CC=C(C)C(C)=NC(C)c1ccc2c(c1)C(=O)CC2. The van der Waals surface area contributed by atoms with Crippen molar-refractivity contribution >= 4 is 11.5 Å². The summed E-state index contributed by atoms with van der Waals surface area (Å²) in [6, 6.07) is 6.30. The lowest BCUT2D eigenvalue weighted by Crippen LogP contribution is -2.00. The zero-order valence-electron chi connectivity index (χ0n) is 12.2. The normalized spacial score (nSPS) is 17.6. The lowest BCUT2D eigenvalue weighted by molar-refractivity contribution is 0.0994. The molecule has 100 valence electrons. The van der Waals surface area contributed by atoms with Gasteiger partial charge >= 0.3 is 0 Å². The van der Waals surface area contributed by atoms with Gasteiger partial charge in [-0.05, 0) is 56.9 Å². The summed E-state index contributed by atoms with van der Waals surface area (Å²) in [5, 5.41) is 0. The van der Waals surface area contributed by atoms with Crippen molar-refractivity contribution in [2.45, 2.75) is 46.6 Å². The molecule has 1 atom stereocenters. The largest absolute Gasteiger partial charge is 0.294 e. The van der Waals surface area contributed by atoms with Gasteiger partial charge in [0.2, 0.25) is 0 Å². The van der Waals surface area contributed by atoms with E-state index in [2.05, 4.69) is 32.1 Å². The van der Waals surface area contributed by atoms with Gasteiger partial charge < -0.3 is 0 Å². The van der Waals surface area contributed by atoms with Crippen LogP contribution in [0.2, 0.25) is 0 Å². The van der Waals surface area contributed by atoms with Crippen LogP contribution < -0.4 is 0 Å². The number of hydrogen-bond donors (Lipinski definition) is 0. The number of aryl methyl sites for hydroxylation is 1. The predicted octanol–water partition coefficient (Wildman–Crippen LogP) is 4.30. The summed E-state index contributed by atoms with van der Waals surface area (Å²) in [5.74, 6) is 0.273. The van der Waals surface area contributed by atoms with E-state index in [0.29, 0.717) is 6.42 Å². The Hall–Kier alpha value is -1.70. The summed E-state index contributed by atoms with van der Waals surface area (Å²) in [6.45, 7) is 8.20. The monoisotopic (exact) mass is 255 g/mol. The van der Waals surface area contributed by atoms with Gasteiger partial charge in [-0.15, -0.1) is 0 Å². The van der Waals surface area contributed by atoms with E-state index in [1.54, 1.807) is 0 Å². The van der Waals surface area contributed by atoms with E-state index in [1.807, 2.05) is 19.9 Å². The molecule has 0 spiro atoms. The number of benzene rings is 1. The number of fused-ring (bicyclic) bond motifs is 1. The van der Waals surface area contributed by atoms with Crippen molar-refractivity contribution < 1.29 is 4.79 Å². The van der Waals surface area contributed by atoms with Crippen LogP contribution in [0.15, 0.2) is 34.8 Å². The van der Waals surface area contributed by atoms with E-state index in [9.17, 15) is 4.79 Å². The molecule has 0 amide bonds. The van der Waals surface area contributed by atoms with Crippen LogP contribution in [0.3, 0.4) is 0 Å². The minimum Gasteiger partial charge on any atom is -0.294 e. The summed E-state index contributed by atoms with van der Waals surface area (Å²) in [5.41, 5.74) is 5.47. The number of hydrogen-bond acceptors (Lipinski definition) is 2. The molecular formula is C17H21NO. The Balaban J connectivity index is 2.28. The van der Waals surface area contributed by atoms with Crippen LogP contribution in [0.1, 0.15) is 61.6 Å². The second kappa shape index (κ2) is 5.52. The van der Waals surface area contributed by atoms with Crippen molar-refractivity contribution in [2.75, 3.05) is 0 Å². The fourth-order valence-corrected chi connectivity index (χ4v) is 2.39. The van der Waals surface area contributed by atoms with Crippen LogP contribution in [0.25, 0.3) is 0 Å². The van der Waals surface area contributed by atoms with Gasteiger partial charge in [-0.1, -0.05) is 18.2 Å². The van der Waals surface area contributed by atoms with E-state index in [4.69, 9.17) is 4.99 Å². The Morgan fingerprint density at radius 1 is 1.32 bits per heavy atom. The lowest BCUT2D eigenvalue weighted by atomic mass is 10.0. The van der Waals surface area contributed by atoms with Gasteiger partial charge in [0.25, 0.3) is 0 Å². The summed E-state index contributed by atoms with van der Waals surface area (Å²) in [4.78, 5) is 16.5. The molecule has 0 N–H and O–H groups in total. The molecule has 0 heterocycles. The molecule has 0 aromatic heterocycles. The number of carbonyl (C=O) groups is 1. The molecule has 2 rings (SSSR count). The maximum Gasteiger partial charge on any atom is 0.163 e. The van der Waals surface area contributed by atoms with Crippen molar-refractivity contribution in [1.29, 1.82) is 0 Å². The fourth-order valence-electron chi connectivity index (χ4n) is 2.39. The summed E-state index contributed by atoms with van der Waals surface area (Å²) < 4.78 is 0. The third kappa shape index (κ3) is 2.83. The quantitative estimate of drug-likeness (QED) is 0.740. The number of nitrogens with zero attached hydrogens (tertiary/aromatic N) is 1. The Bertz CT molecular complexity index is 567. The molecule has 0 aliphatic heterocycles. The highest BCUT2D eigenvalue weighted by molar-refractivity contribution is 6.00. The molecule has 1 aliphatic carbocycles. The molecule has 2 nitrogen and oxygen atoms in total. The van der Waals surface area contributed by atoms with E-state index in [-0.39, 0.29) is 11.8 Å². The van der Waals surface area contributed by atoms with Crippen LogP contribution in [0.5, 0.6) is 0 Å². The van der Waals surface area contributed by atoms with Crippen LogP contribution in [-0.2, 0) is 6.42 Å². The summed E-state index contributed by atoms with van der Waals surface area (Å²) in [6.07, 6.45) is 3.62. The number of rotatable bonds is 3. The first-order valence-electron chi connectivity index (χ1n) is 6.86. The number of ketones is 1. The number of aliphatic imine (C=N–C) groups is 1. The molecule has 1 unspecified atom stereocenters. The molecule has 1 aromatic carbocycles. The molecule has 0 fully saturated rings. The molecule has 1 aromatic rings. The highest BCUT2D eigenvalue weighted by atomic mass is 16.1. The van der Waals surface area contributed by atoms with Crippen molar-refractivity contribution in [3.8, 4) is 0 Å².